The van der Waals surface area contributed by atoms with E-state index >= 15 is 0 Å². The fourth-order valence-electron chi connectivity index (χ4n) is 3.67. The number of thioether (sulfide) groups is 1. The van der Waals surface area contributed by atoms with Crippen LogP contribution in [0.2, 0.25) is 10.0 Å². The molecule has 8 nitrogen and oxygen atoms in total. The number of rotatable bonds is 9. The number of nitrogens with zero attached hydrogens (tertiary/aromatic N) is 3. The zero-order valence-corrected chi connectivity index (χ0v) is 23.2. The maximum absolute atomic E-state index is 12.7. The number of methoxy groups -OCH3 is 1. The van der Waals surface area contributed by atoms with Crippen LogP contribution in [0.25, 0.3) is 5.69 Å². The number of carbonyl (C=O) groups excluding carboxylic acids is 2. The second-order valence-electron chi connectivity index (χ2n) is 8.40. The first-order chi connectivity index (χ1) is 18.2. The van der Waals surface area contributed by atoms with Crippen LogP contribution in [0.1, 0.15) is 27.3 Å². The topological polar surface area (TPSA) is 98.1 Å². The van der Waals surface area contributed by atoms with Crippen molar-refractivity contribution >= 4 is 52.5 Å². The van der Waals surface area contributed by atoms with E-state index in [0.717, 1.165) is 16.8 Å². The maximum Gasteiger partial charge on any atom is 0.251 e. The molecule has 4 aromatic rings. The van der Waals surface area contributed by atoms with Crippen molar-refractivity contribution in [2.75, 3.05) is 18.2 Å². The fraction of sp³-hybridized carbons (Fsp3) is 0.185. The first-order valence-corrected chi connectivity index (χ1v) is 13.3. The van der Waals surface area contributed by atoms with E-state index in [0.29, 0.717) is 38.0 Å². The van der Waals surface area contributed by atoms with Crippen molar-refractivity contribution in [1.29, 1.82) is 0 Å². The van der Waals surface area contributed by atoms with Gasteiger partial charge in [0.25, 0.3) is 5.91 Å². The molecule has 11 heteroatoms. The normalized spacial score (nSPS) is 10.8. The van der Waals surface area contributed by atoms with Crippen molar-refractivity contribution in [2.24, 2.45) is 0 Å². The summed E-state index contributed by atoms with van der Waals surface area (Å²) in [6, 6.07) is 17.7. The molecular formula is C27H25Cl2N5O3S. The Kier molecular flexibility index (Phi) is 8.93. The van der Waals surface area contributed by atoms with Gasteiger partial charge in [-0.3, -0.25) is 14.2 Å². The van der Waals surface area contributed by atoms with E-state index in [9.17, 15) is 9.59 Å². The Morgan fingerprint density at radius 1 is 0.974 bits per heavy atom. The highest BCUT2D eigenvalue weighted by atomic mass is 35.5. The molecular weight excluding hydrogens is 545 g/mol. The minimum absolute atomic E-state index is 0.0907. The van der Waals surface area contributed by atoms with Gasteiger partial charge >= 0.3 is 0 Å². The van der Waals surface area contributed by atoms with Crippen LogP contribution in [0.3, 0.4) is 0 Å². The molecule has 196 valence electrons. The second-order valence-corrected chi connectivity index (χ2v) is 10.2. The average molecular weight is 571 g/mol. The minimum atomic E-state index is -0.279. The summed E-state index contributed by atoms with van der Waals surface area (Å²) in [4.78, 5) is 25.4. The Hall–Kier alpha value is -3.53. The van der Waals surface area contributed by atoms with Gasteiger partial charge in [0.15, 0.2) is 11.0 Å². The highest BCUT2D eigenvalue weighted by Crippen LogP contribution is 2.28. The van der Waals surface area contributed by atoms with E-state index in [-0.39, 0.29) is 24.1 Å². The van der Waals surface area contributed by atoms with Gasteiger partial charge in [0.2, 0.25) is 5.91 Å². The van der Waals surface area contributed by atoms with E-state index in [4.69, 9.17) is 27.9 Å². The largest absolute Gasteiger partial charge is 0.497 e. The highest BCUT2D eigenvalue weighted by Gasteiger charge is 2.18. The summed E-state index contributed by atoms with van der Waals surface area (Å²) in [5.41, 5.74) is 3.99. The van der Waals surface area contributed by atoms with Crippen LogP contribution in [0.4, 0.5) is 5.69 Å². The molecule has 0 aliphatic rings. The molecule has 2 amide bonds. The molecule has 0 aliphatic carbocycles. The van der Waals surface area contributed by atoms with E-state index in [1.165, 1.54) is 11.8 Å². The lowest BCUT2D eigenvalue weighted by molar-refractivity contribution is -0.113. The number of benzene rings is 3. The summed E-state index contributed by atoms with van der Waals surface area (Å²) >= 11 is 13.6. The zero-order valence-electron chi connectivity index (χ0n) is 20.9. The number of carbonyl (C=O) groups is 2. The number of ether oxygens (including phenoxy) is 1. The quantitative estimate of drug-likeness (QED) is 0.245. The lowest BCUT2D eigenvalue weighted by Gasteiger charge is -2.12. The van der Waals surface area contributed by atoms with Gasteiger partial charge < -0.3 is 15.4 Å². The SMILES string of the molecule is COc1ccc(C(=O)NCc2nnc(SCC(=O)Nc3ccc(C)cc3C)n2-c2ccc(Cl)c(Cl)c2)cc1. The Labute approximate surface area is 234 Å². The van der Waals surface area contributed by atoms with Crippen LogP contribution in [0, 0.1) is 13.8 Å². The van der Waals surface area contributed by atoms with Gasteiger partial charge in [0.05, 0.1) is 35.1 Å². The van der Waals surface area contributed by atoms with Gasteiger partial charge in [0.1, 0.15) is 5.75 Å². The van der Waals surface area contributed by atoms with Gasteiger partial charge in [0, 0.05) is 11.3 Å². The Bertz CT molecular complexity index is 1470. The summed E-state index contributed by atoms with van der Waals surface area (Å²) in [7, 11) is 1.56. The molecule has 38 heavy (non-hydrogen) atoms. The Balaban J connectivity index is 1.52. The second kappa shape index (κ2) is 12.3. The number of nitrogens with one attached hydrogen (secondary N) is 2. The molecule has 0 fully saturated rings. The molecule has 1 heterocycles. The van der Waals surface area contributed by atoms with Crippen LogP contribution >= 0.6 is 35.0 Å². The number of hydrogen-bond donors (Lipinski definition) is 2. The van der Waals surface area contributed by atoms with E-state index < -0.39 is 0 Å². The zero-order chi connectivity index (χ0) is 27.2. The van der Waals surface area contributed by atoms with Gasteiger partial charge in [-0.05, 0) is 67.9 Å². The van der Waals surface area contributed by atoms with Crippen LogP contribution in [0.15, 0.2) is 65.8 Å². The molecule has 0 bridgehead atoms. The molecule has 0 saturated heterocycles. The number of aryl methyl sites for hydroxylation is 2. The van der Waals surface area contributed by atoms with Gasteiger partial charge in [-0.15, -0.1) is 10.2 Å². The molecule has 0 aliphatic heterocycles. The van der Waals surface area contributed by atoms with Crippen LogP contribution in [0.5, 0.6) is 5.75 Å². The first kappa shape index (κ1) is 27.5. The lowest BCUT2D eigenvalue weighted by Crippen LogP contribution is -2.24. The van der Waals surface area contributed by atoms with Gasteiger partial charge in [-0.25, -0.2) is 0 Å². The summed E-state index contributed by atoms with van der Waals surface area (Å²) in [5, 5.41) is 15.6. The van der Waals surface area contributed by atoms with Crippen molar-refractivity contribution in [1.82, 2.24) is 20.1 Å². The van der Waals surface area contributed by atoms with Crippen molar-refractivity contribution in [3.8, 4) is 11.4 Å². The third-order valence-electron chi connectivity index (χ3n) is 5.61. The van der Waals surface area contributed by atoms with Crippen molar-refractivity contribution in [2.45, 2.75) is 25.5 Å². The summed E-state index contributed by atoms with van der Waals surface area (Å²) in [5.74, 6) is 0.760. The third kappa shape index (κ3) is 6.66. The number of anilines is 1. The van der Waals surface area contributed by atoms with E-state index in [2.05, 4.69) is 20.8 Å². The van der Waals surface area contributed by atoms with Gasteiger partial charge in [-0.2, -0.15) is 0 Å². The predicted octanol–water partition coefficient (Wildman–Crippen LogP) is 5.86. The predicted molar refractivity (Wildman–Crippen MR) is 151 cm³/mol. The van der Waals surface area contributed by atoms with E-state index in [1.807, 2.05) is 32.0 Å². The van der Waals surface area contributed by atoms with Crippen molar-refractivity contribution in [3.63, 3.8) is 0 Å². The van der Waals surface area contributed by atoms with Crippen LogP contribution in [-0.2, 0) is 11.3 Å². The standard InChI is InChI=1S/C27H25Cl2N5O3S/c1-16-4-11-23(17(2)12-16)31-25(35)15-38-27-33-32-24(34(27)19-7-10-21(28)22(29)13-19)14-30-26(36)18-5-8-20(37-3)9-6-18/h4-13H,14-15H2,1-3H3,(H,30,36)(H,31,35). The molecule has 0 atom stereocenters. The molecule has 3 aromatic carbocycles. The Morgan fingerprint density at radius 3 is 2.42 bits per heavy atom. The smallest absolute Gasteiger partial charge is 0.251 e. The number of hydrogen-bond acceptors (Lipinski definition) is 6. The summed E-state index contributed by atoms with van der Waals surface area (Å²) < 4.78 is 6.88. The minimum Gasteiger partial charge on any atom is -0.497 e. The highest BCUT2D eigenvalue weighted by molar-refractivity contribution is 7.99. The molecule has 0 saturated carbocycles. The van der Waals surface area contributed by atoms with E-state index in [1.54, 1.807) is 54.1 Å². The van der Waals surface area contributed by atoms with Crippen LogP contribution in [-0.4, -0.2) is 39.4 Å². The summed E-state index contributed by atoms with van der Waals surface area (Å²) in [6.07, 6.45) is 0. The number of amides is 2. The Morgan fingerprint density at radius 2 is 1.74 bits per heavy atom. The third-order valence-corrected chi connectivity index (χ3v) is 7.28. The van der Waals surface area contributed by atoms with Crippen molar-refractivity contribution in [3.05, 3.63) is 93.2 Å². The molecule has 0 spiro atoms. The van der Waals surface area contributed by atoms with Crippen LogP contribution < -0.4 is 15.4 Å². The number of halogens is 2. The maximum atomic E-state index is 12.7. The molecule has 0 radical (unpaired) electrons. The molecule has 0 unspecified atom stereocenters. The van der Waals surface area contributed by atoms with Crippen molar-refractivity contribution < 1.29 is 14.3 Å². The fourth-order valence-corrected chi connectivity index (χ4v) is 4.73. The molecule has 2 N–H and O–H groups in total. The monoisotopic (exact) mass is 569 g/mol. The molecule has 4 rings (SSSR count). The average Bonchev–Trinajstić information content (AvgIpc) is 3.32. The lowest BCUT2D eigenvalue weighted by atomic mass is 10.1. The van der Waals surface area contributed by atoms with Gasteiger partial charge in [-0.1, -0.05) is 52.7 Å². The number of aromatic nitrogens is 3. The summed E-state index contributed by atoms with van der Waals surface area (Å²) in [6.45, 7) is 4.04. The molecule has 1 aromatic heterocycles. The first-order valence-electron chi connectivity index (χ1n) is 11.6.